The van der Waals surface area contributed by atoms with E-state index in [1.807, 2.05) is 27.1 Å². The maximum absolute atomic E-state index is 13.6. The SMILES string of the molecule is CCNC(=NCC(CC)(CC)CCO)NCC(c1cccc(F)c1)N(C)C.I. The van der Waals surface area contributed by atoms with E-state index in [0.717, 1.165) is 37.3 Å². The van der Waals surface area contributed by atoms with Crippen LogP contribution < -0.4 is 10.6 Å². The zero-order valence-corrected chi connectivity index (χ0v) is 20.3. The van der Waals surface area contributed by atoms with Crippen LogP contribution in [0.4, 0.5) is 4.39 Å². The van der Waals surface area contributed by atoms with Gasteiger partial charge in [-0.05, 0) is 63.4 Å². The molecule has 0 aliphatic rings. The number of aliphatic hydroxyl groups is 1. The predicted molar refractivity (Wildman–Crippen MR) is 127 cm³/mol. The van der Waals surface area contributed by atoms with E-state index in [1.54, 1.807) is 12.1 Å². The highest BCUT2D eigenvalue weighted by molar-refractivity contribution is 14.0. The van der Waals surface area contributed by atoms with Gasteiger partial charge < -0.3 is 20.6 Å². The third-order valence-corrected chi connectivity index (χ3v) is 5.38. The molecular formula is C21H38FIN4O. The van der Waals surface area contributed by atoms with Crippen LogP contribution in [0.15, 0.2) is 29.3 Å². The lowest BCUT2D eigenvalue weighted by molar-refractivity contribution is 0.175. The molecule has 0 saturated carbocycles. The number of nitrogens with zero attached hydrogens (tertiary/aromatic N) is 2. The first kappa shape index (κ1) is 27.1. The molecule has 28 heavy (non-hydrogen) atoms. The third-order valence-electron chi connectivity index (χ3n) is 5.38. The Morgan fingerprint density at radius 2 is 1.89 bits per heavy atom. The largest absolute Gasteiger partial charge is 0.396 e. The van der Waals surface area contributed by atoms with Gasteiger partial charge in [-0.2, -0.15) is 0 Å². The Bertz CT molecular complexity index is 579. The van der Waals surface area contributed by atoms with Crippen LogP contribution in [0, 0.1) is 11.2 Å². The normalized spacial score (nSPS) is 13.2. The van der Waals surface area contributed by atoms with Gasteiger partial charge in [0.1, 0.15) is 5.82 Å². The number of halogens is 2. The number of hydrogen-bond acceptors (Lipinski definition) is 3. The minimum absolute atomic E-state index is 0. The molecule has 0 radical (unpaired) electrons. The molecule has 5 nitrogen and oxygen atoms in total. The molecule has 1 aromatic carbocycles. The van der Waals surface area contributed by atoms with Crippen molar-refractivity contribution >= 4 is 29.9 Å². The van der Waals surface area contributed by atoms with Gasteiger partial charge in [0.2, 0.25) is 0 Å². The number of benzene rings is 1. The summed E-state index contributed by atoms with van der Waals surface area (Å²) >= 11 is 0. The zero-order valence-electron chi connectivity index (χ0n) is 18.0. The fourth-order valence-electron chi connectivity index (χ4n) is 3.24. The van der Waals surface area contributed by atoms with Gasteiger partial charge in [0.15, 0.2) is 5.96 Å². The molecular weight excluding hydrogens is 470 g/mol. The highest BCUT2D eigenvalue weighted by Crippen LogP contribution is 2.30. The molecule has 0 aliphatic carbocycles. The molecule has 1 atom stereocenters. The van der Waals surface area contributed by atoms with Crippen molar-refractivity contribution in [1.29, 1.82) is 0 Å². The van der Waals surface area contributed by atoms with Crippen molar-refractivity contribution < 1.29 is 9.50 Å². The van der Waals surface area contributed by atoms with Crippen molar-refractivity contribution in [2.24, 2.45) is 10.4 Å². The highest BCUT2D eigenvalue weighted by atomic mass is 127. The zero-order chi connectivity index (χ0) is 20.3. The van der Waals surface area contributed by atoms with Gasteiger partial charge >= 0.3 is 0 Å². The summed E-state index contributed by atoms with van der Waals surface area (Å²) in [6.45, 7) is 8.58. The fourth-order valence-corrected chi connectivity index (χ4v) is 3.24. The molecule has 7 heteroatoms. The van der Waals surface area contributed by atoms with Gasteiger partial charge in [-0.25, -0.2) is 4.39 Å². The van der Waals surface area contributed by atoms with E-state index in [0.29, 0.717) is 13.1 Å². The monoisotopic (exact) mass is 508 g/mol. The van der Waals surface area contributed by atoms with Crippen LogP contribution in [0.1, 0.15) is 51.6 Å². The molecule has 0 bridgehead atoms. The topological polar surface area (TPSA) is 59.9 Å². The average Bonchev–Trinajstić information content (AvgIpc) is 2.65. The summed E-state index contributed by atoms with van der Waals surface area (Å²) in [5, 5.41) is 16.1. The molecule has 1 aromatic rings. The lowest BCUT2D eigenvalue weighted by Gasteiger charge is -2.30. The highest BCUT2D eigenvalue weighted by Gasteiger charge is 2.25. The summed E-state index contributed by atoms with van der Waals surface area (Å²) in [5.41, 5.74) is 0.959. The number of rotatable bonds is 11. The smallest absolute Gasteiger partial charge is 0.191 e. The van der Waals surface area contributed by atoms with E-state index in [1.165, 1.54) is 6.07 Å². The summed E-state index contributed by atoms with van der Waals surface area (Å²) in [5.74, 6) is 0.532. The number of aliphatic hydroxyl groups excluding tert-OH is 1. The van der Waals surface area contributed by atoms with Crippen LogP contribution in [0.2, 0.25) is 0 Å². The van der Waals surface area contributed by atoms with Crippen molar-refractivity contribution in [3.05, 3.63) is 35.6 Å². The molecule has 0 saturated heterocycles. The minimum atomic E-state index is -0.223. The fraction of sp³-hybridized carbons (Fsp3) is 0.667. The van der Waals surface area contributed by atoms with Crippen LogP contribution >= 0.6 is 24.0 Å². The number of nitrogens with one attached hydrogen (secondary N) is 2. The average molecular weight is 508 g/mol. The second kappa shape index (κ2) is 14.1. The second-order valence-corrected chi connectivity index (χ2v) is 7.29. The molecule has 0 spiro atoms. The first-order valence-electron chi connectivity index (χ1n) is 9.96. The Morgan fingerprint density at radius 3 is 2.39 bits per heavy atom. The summed E-state index contributed by atoms with van der Waals surface area (Å²) in [4.78, 5) is 6.85. The summed E-state index contributed by atoms with van der Waals surface area (Å²) < 4.78 is 13.6. The minimum Gasteiger partial charge on any atom is -0.396 e. The summed E-state index contributed by atoms with van der Waals surface area (Å²) in [7, 11) is 3.98. The van der Waals surface area contributed by atoms with Crippen molar-refractivity contribution in [2.75, 3.05) is 40.3 Å². The van der Waals surface area contributed by atoms with Crippen LogP contribution in [-0.4, -0.2) is 56.3 Å². The standard InChI is InChI=1S/C21H37FN4O.HI/c1-6-21(7-2,12-13-27)16-25-20(23-8-3)24-15-19(26(4)5)17-10-9-11-18(22)14-17;/h9-11,14,19,27H,6-8,12-13,15-16H2,1-5H3,(H2,23,24,25);1H. The van der Waals surface area contributed by atoms with Crippen LogP contribution in [0.5, 0.6) is 0 Å². The van der Waals surface area contributed by atoms with E-state index < -0.39 is 0 Å². The maximum atomic E-state index is 13.6. The summed E-state index contributed by atoms with van der Waals surface area (Å²) in [6, 6.07) is 6.76. The Balaban J connectivity index is 0.00000729. The first-order chi connectivity index (χ1) is 12.9. The van der Waals surface area contributed by atoms with Gasteiger partial charge in [-0.1, -0.05) is 26.0 Å². The number of aliphatic imine (C=N–C) groups is 1. The lowest BCUT2D eigenvalue weighted by Crippen LogP contribution is -2.42. The Morgan fingerprint density at radius 1 is 1.21 bits per heavy atom. The van der Waals surface area contributed by atoms with Crippen LogP contribution in [-0.2, 0) is 0 Å². The first-order valence-corrected chi connectivity index (χ1v) is 9.96. The second-order valence-electron chi connectivity index (χ2n) is 7.29. The molecule has 0 aromatic heterocycles. The Kier molecular flexibility index (Phi) is 13.6. The van der Waals surface area contributed by atoms with E-state index in [9.17, 15) is 9.50 Å². The summed E-state index contributed by atoms with van der Waals surface area (Å²) in [6.07, 6.45) is 2.72. The maximum Gasteiger partial charge on any atom is 0.191 e. The van der Waals surface area contributed by atoms with Gasteiger partial charge in [-0.3, -0.25) is 4.99 Å². The third kappa shape index (κ3) is 8.61. The van der Waals surface area contributed by atoms with Crippen molar-refractivity contribution in [1.82, 2.24) is 15.5 Å². The number of likely N-dealkylation sites (N-methyl/N-ethyl adjacent to an activating group) is 1. The van der Waals surface area contributed by atoms with Gasteiger partial charge in [0, 0.05) is 26.2 Å². The van der Waals surface area contributed by atoms with E-state index in [2.05, 4.69) is 29.4 Å². The molecule has 0 aliphatic heterocycles. The quantitative estimate of drug-likeness (QED) is 0.242. The Labute approximate surface area is 187 Å². The molecule has 3 N–H and O–H groups in total. The van der Waals surface area contributed by atoms with E-state index >= 15 is 0 Å². The van der Waals surface area contributed by atoms with Gasteiger partial charge in [0.05, 0.1) is 6.04 Å². The molecule has 1 unspecified atom stereocenters. The molecule has 1 rings (SSSR count). The van der Waals surface area contributed by atoms with E-state index in [4.69, 9.17) is 4.99 Å². The van der Waals surface area contributed by atoms with Crippen LogP contribution in [0.3, 0.4) is 0 Å². The van der Waals surface area contributed by atoms with Gasteiger partial charge in [-0.15, -0.1) is 24.0 Å². The lowest BCUT2D eigenvalue weighted by atomic mass is 9.79. The van der Waals surface area contributed by atoms with Crippen molar-refractivity contribution in [3.8, 4) is 0 Å². The molecule has 0 heterocycles. The number of guanidine groups is 1. The number of hydrogen-bond donors (Lipinski definition) is 3. The Hall–Kier alpha value is -0.930. The molecule has 162 valence electrons. The van der Waals surface area contributed by atoms with Gasteiger partial charge in [0.25, 0.3) is 0 Å². The predicted octanol–water partition coefficient (Wildman–Crippen LogP) is 3.79. The van der Waals surface area contributed by atoms with Crippen LogP contribution in [0.25, 0.3) is 0 Å². The molecule has 0 fully saturated rings. The van der Waals surface area contributed by atoms with Crippen molar-refractivity contribution in [3.63, 3.8) is 0 Å². The van der Waals surface area contributed by atoms with Crippen molar-refractivity contribution in [2.45, 2.75) is 46.1 Å². The molecule has 0 amide bonds. The van der Waals surface area contributed by atoms with E-state index in [-0.39, 0.29) is 47.9 Å².